The lowest BCUT2D eigenvalue weighted by Crippen LogP contribution is -2.39. The van der Waals surface area contributed by atoms with E-state index in [1.54, 1.807) is 0 Å². The highest BCUT2D eigenvalue weighted by molar-refractivity contribution is 5.79. The molecule has 2 atom stereocenters. The van der Waals surface area contributed by atoms with Gasteiger partial charge in [-0.2, -0.15) is 0 Å². The van der Waals surface area contributed by atoms with Gasteiger partial charge in [0, 0.05) is 25.2 Å². The third-order valence-corrected chi connectivity index (χ3v) is 4.72. The molecule has 3 nitrogen and oxygen atoms in total. The van der Waals surface area contributed by atoms with E-state index in [0.717, 1.165) is 19.5 Å². The molecule has 1 N–H and O–H groups in total. The summed E-state index contributed by atoms with van der Waals surface area (Å²) >= 11 is 0. The van der Waals surface area contributed by atoms with Gasteiger partial charge in [0.15, 0.2) is 0 Å². The normalized spacial score (nSPS) is 25.6. The number of hydrogen-bond donors (Lipinski definition) is 1. The molecule has 1 aromatic rings. The first kappa shape index (κ1) is 13.6. The second-order valence-corrected chi connectivity index (χ2v) is 6.37. The lowest BCUT2D eigenvalue weighted by Gasteiger charge is -2.24. The minimum absolute atomic E-state index is 0.285. The Hall–Kier alpha value is -1.35. The van der Waals surface area contributed by atoms with Crippen molar-refractivity contribution in [3.63, 3.8) is 0 Å². The molecule has 2 aliphatic heterocycles. The minimum atomic E-state index is 0.285. The first-order valence-corrected chi connectivity index (χ1v) is 7.72. The van der Waals surface area contributed by atoms with Crippen molar-refractivity contribution in [3.05, 3.63) is 34.9 Å². The maximum Gasteiger partial charge on any atom is 0.227 e. The van der Waals surface area contributed by atoms with Crippen LogP contribution in [0, 0.1) is 13.8 Å². The van der Waals surface area contributed by atoms with E-state index < -0.39 is 0 Å². The van der Waals surface area contributed by atoms with Crippen LogP contribution in [0.15, 0.2) is 18.2 Å². The molecular weight excluding hydrogens is 248 g/mol. The molecule has 2 aliphatic rings. The number of amides is 1. The van der Waals surface area contributed by atoms with Gasteiger partial charge in [-0.1, -0.05) is 23.8 Å². The Bertz CT molecular complexity index is 512. The van der Waals surface area contributed by atoms with Crippen molar-refractivity contribution < 1.29 is 4.79 Å². The topological polar surface area (TPSA) is 32.3 Å². The van der Waals surface area contributed by atoms with E-state index in [-0.39, 0.29) is 5.91 Å². The molecule has 2 heterocycles. The number of fused-ring (bicyclic) bond motifs is 2. The van der Waals surface area contributed by atoms with Gasteiger partial charge in [0.2, 0.25) is 5.91 Å². The van der Waals surface area contributed by atoms with Gasteiger partial charge in [-0.3, -0.25) is 4.79 Å². The van der Waals surface area contributed by atoms with Crippen molar-refractivity contribution in [3.8, 4) is 0 Å². The number of nitrogens with zero attached hydrogens (tertiary/aromatic N) is 1. The van der Waals surface area contributed by atoms with Crippen molar-refractivity contribution in [2.45, 2.75) is 51.6 Å². The highest BCUT2D eigenvalue weighted by Gasteiger charge is 2.31. The van der Waals surface area contributed by atoms with Gasteiger partial charge >= 0.3 is 0 Å². The summed E-state index contributed by atoms with van der Waals surface area (Å²) in [5.74, 6) is 0.285. The van der Waals surface area contributed by atoms with Crippen molar-refractivity contribution in [1.82, 2.24) is 10.2 Å². The maximum atomic E-state index is 12.6. The van der Waals surface area contributed by atoms with Crippen LogP contribution in [-0.2, 0) is 11.2 Å². The molecule has 20 heavy (non-hydrogen) atoms. The molecule has 0 spiro atoms. The van der Waals surface area contributed by atoms with E-state index in [1.807, 2.05) is 0 Å². The largest absolute Gasteiger partial charge is 0.341 e. The lowest BCUT2D eigenvalue weighted by atomic mass is 10.0. The number of carbonyl (C=O) groups excluding carboxylic acids is 1. The summed E-state index contributed by atoms with van der Waals surface area (Å²) in [6.07, 6.45) is 4.15. The predicted octanol–water partition coefficient (Wildman–Crippen LogP) is 2.20. The lowest BCUT2D eigenvalue weighted by molar-refractivity contribution is -0.130. The highest BCUT2D eigenvalue weighted by atomic mass is 16.2. The van der Waals surface area contributed by atoms with E-state index >= 15 is 0 Å². The van der Waals surface area contributed by atoms with Crippen LogP contribution in [0.3, 0.4) is 0 Å². The number of aryl methyl sites for hydroxylation is 2. The van der Waals surface area contributed by atoms with Crippen LogP contribution in [0.4, 0.5) is 0 Å². The molecule has 2 saturated heterocycles. The van der Waals surface area contributed by atoms with Gasteiger partial charge in [-0.15, -0.1) is 0 Å². The predicted molar refractivity (Wildman–Crippen MR) is 80.8 cm³/mol. The fraction of sp³-hybridized carbons (Fsp3) is 0.588. The SMILES string of the molecule is Cc1ccc(C)c(CC(=O)N2CCC3CCC(C2)N3)c1. The van der Waals surface area contributed by atoms with Crippen molar-refractivity contribution >= 4 is 5.91 Å². The van der Waals surface area contributed by atoms with Gasteiger partial charge in [0.05, 0.1) is 6.42 Å². The van der Waals surface area contributed by atoms with Gasteiger partial charge in [-0.25, -0.2) is 0 Å². The van der Waals surface area contributed by atoms with Gasteiger partial charge in [-0.05, 0) is 44.2 Å². The summed E-state index contributed by atoms with van der Waals surface area (Å²) in [6, 6.07) is 7.53. The molecule has 0 aliphatic carbocycles. The number of nitrogens with one attached hydrogen (secondary N) is 1. The maximum absolute atomic E-state index is 12.6. The smallest absolute Gasteiger partial charge is 0.227 e. The molecule has 1 aromatic carbocycles. The van der Waals surface area contributed by atoms with Crippen molar-refractivity contribution in [2.75, 3.05) is 13.1 Å². The zero-order valence-electron chi connectivity index (χ0n) is 12.5. The zero-order valence-corrected chi connectivity index (χ0v) is 12.5. The monoisotopic (exact) mass is 272 g/mol. The van der Waals surface area contributed by atoms with E-state index in [1.165, 1.54) is 29.5 Å². The Morgan fingerprint density at radius 1 is 1.25 bits per heavy atom. The summed E-state index contributed by atoms with van der Waals surface area (Å²) in [5.41, 5.74) is 3.63. The van der Waals surface area contributed by atoms with Crippen molar-refractivity contribution in [1.29, 1.82) is 0 Å². The Balaban J connectivity index is 1.68. The number of hydrogen-bond acceptors (Lipinski definition) is 2. The Morgan fingerprint density at radius 2 is 2.05 bits per heavy atom. The quantitative estimate of drug-likeness (QED) is 0.895. The molecule has 0 radical (unpaired) electrons. The van der Waals surface area contributed by atoms with Gasteiger partial charge < -0.3 is 10.2 Å². The van der Waals surface area contributed by atoms with Crippen LogP contribution >= 0.6 is 0 Å². The fourth-order valence-electron chi connectivity index (χ4n) is 3.43. The molecule has 3 rings (SSSR count). The Kier molecular flexibility index (Phi) is 3.79. The molecule has 3 heteroatoms. The molecule has 1 amide bonds. The molecule has 2 unspecified atom stereocenters. The van der Waals surface area contributed by atoms with E-state index in [4.69, 9.17) is 0 Å². The standard InChI is InChI=1S/C17H24N2O/c1-12-3-4-13(2)14(9-12)10-17(20)19-8-7-15-5-6-16(11-19)18-15/h3-4,9,15-16,18H,5-8,10-11H2,1-2H3. The van der Waals surface area contributed by atoms with E-state index in [9.17, 15) is 4.79 Å². The highest BCUT2D eigenvalue weighted by Crippen LogP contribution is 2.21. The number of carbonyl (C=O) groups is 1. The van der Waals surface area contributed by atoms with Gasteiger partial charge in [0.1, 0.15) is 0 Å². The van der Waals surface area contributed by atoms with E-state index in [2.05, 4.69) is 42.3 Å². The molecule has 2 bridgehead atoms. The third kappa shape index (κ3) is 2.88. The first-order valence-electron chi connectivity index (χ1n) is 7.72. The fourth-order valence-corrected chi connectivity index (χ4v) is 3.43. The summed E-state index contributed by atoms with van der Waals surface area (Å²) in [6.45, 7) is 5.98. The van der Waals surface area contributed by atoms with E-state index in [0.29, 0.717) is 18.5 Å². The molecule has 108 valence electrons. The summed E-state index contributed by atoms with van der Waals surface area (Å²) in [4.78, 5) is 14.6. The van der Waals surface area contributed by atoms with Crippen LogP contribution in [0.25, 0.3) is 0 Å². The third-order valence-electron chi connectivity index (χ3n) is 4.72. The van der Waals surface area contributed by atoms with Crippen LogP contribution in [0.1, 0.15) is 36.0 Å². The Labute approximate surface area is 121 Å². The summed E-state index contributed by atoms with van der Waals surface area (Å²) in [5, 5.41) is 3.63. The molecule has 0 aromatic heterocycles. The number of likely N-dealkylation sites (tertiary alicyclic amines) is 1. The van der Waals surface area contributed by atoms with Crippen LogP contribution in [0.2, 0.25) is 0 Å². The molecule has 0 saturated carbocycles. The second-order valence-electron chi connectivity index (χ2n) is 6.37. The molecular formula is C17H24N2O. The minimum Gasteiger partial charge on any atom is -0.341 e. The average Bonchev–Trinajstić information content (AvgIpc) is 2.73. The second kappa shape index (κ2) is 5.57. The molecule has 2 fully saturated rings. The van der Waals surface area contributed by atoms with Crippen LogP contribution in [0.5, 0.6) is 0 Å². The Morgan fingerprint density at radius 3 is 2.90 bits per heavy atom. The zero-order chi connectivity index (χ0) is 14.1. The summed E-state index contributed by atoms with van der Waals surface area (Å²) < 4.78 is 0. The first-order chi connectivity index (χ1) is 9.61. The van der Waals surface area contributed by atoms with Gasteiger partial charge in [0.25, 0.3) is 0 Å². The number of rotatable bonds is 2. The van der Waals surface area contributed by atoms with Crippen molar-refractivity contribution in [2.24, 2.45) is 0 Å². The van der Waals surface area contributed by atoms with Crippen LogP contribution in [-0.4, -0.2) is 36.0 Å². The summed E-state index contributed by atoms with van der Waals surface area (Å²) in [7, 11) is 0. The average molecular weight is 272 g/mol. The number of benzene rings is 1. The van der Waals surface area contributed by atoms with Crippen LogP contribution < -0.4 is 5.32 Å².